The highest BCUT2D eigenvalue weighted by molar-refractivity contribution is 5.85. The number of amides is 1. The van der Waals surface area contributed by atoms with Gasteiger partial charge in [-0.15, -0.1) is 12.4 Å². The number of hydrogen-bond donors (Lipinski definition) is 1. The third-order valence-corrected chi connectivity index (χ3v) is 3.88. The fourth-order valence-electron chi connectivity index (χ4n) is 3.03. The average molecular weight is 276 g/mol. The predicted octanol–water partition coefficient (Wildman–Crippen LogP) is 0.960. The number of likely N-dealkylation sites (tertiary alicyclic amines) is 1. The highest BCUT2D eigenvalue weighted by Crippen LogP contribution is 2.22. The summed E-state index contributed by atoms with van der Waals surface area (Å²) in [5.41, 5.74) is 0. The van der Waals surface area contributed by atoms with E-state index >= 15 is 0 Å². The zero-order valence-electron chi connectivity index (χ0n) is 11.5. The Morgan fingerprint density at radius 3 is 2.72 bits per heavy atom. The molecule has 2 heterocycles. The third kappa shape index (κ3) is 3.84. The quantitative estimate of drug-likeness (QED) is 0.833. The first-order chi connectivity index (χ1) is 8.18. The highest BCUT2D eigenvalue weighted by atomic mass is 35.5. The molecule has 2 atom stereocenters. The van der Waals surface area contributed by atoms with Crippen molar-refractivity contribution < 1.29 is 4.79 Å². The van der Waals surface area contributed by atoms with Gasteiger partial charge in [-0.05, 0) is 46.3 Å². The summed E-state index contributed by atoms with van der Waals surface area (Å²) in [7, 11) is 4.17. The average Bonchev–Trinajstić information content (AvgIpc) is 2.76. The molecule has 2 aliphatic heterocycles. The van der Waals surface area contributed by atoms with Crippen molar-refractivity contribution in [2.75, 3.05) is 40.3 Å². The van der Waals surface area contributed by atoms with Crippen LogP contribution >= 0.6 is 12.4 Å². The lowest BCUT2D eigenvalue weighted by molar-refractivity contribution is -0.137. The van der Waals surface area contributed by atoms with Crippen LogP contribution in [0.15, 0.2) is 0 Å². The molecule has 0 aromatic rings. The second kappa shape index (κ2) is 7.31. The van der Waals surface area contributed by atoms with Crippen LogP contribution in [-0.2, 0) is 4.79 Å². The molecular weight excluding hydrogens is 250 g/mol. The van der Waals surface area contributed by atoms with E-state index in [1.807, 2.05) is 0 Å². The Morgan fingerprint density at radius 2 is 2.11 bits per heavy atom. The van der Waals surface area contributed by atoms with Gasteiger partial charge in [-0.1, -0.05) is 0 Å². The van der Waals surface area contributed by atoms with Crippen LogP contribution in [0.3, 0.4) is 0 Å². The minimum Gasteiger partial charge on any atom is -0.338 e. The van der Waals surface area contributed by atoms with Gasteiger partial charge in [-0.2, -0.15) is 0 Å². The molecule has 5 heteroatoms. The van der Waals surface area contributed by atoms with E-state index in [1.54, 1.807) is 0 Å². The molecule has 1 amide bonds. The normalized spacial score (nSPS) is 28.3. The van der Waals surface area contributed by atoms with Crippen molar-refractivity contribution in [1.82, 2.24) is 15.1 Å². The molecule has 2 saturated heterocycles. The second-order valence-electron chi connectivity index (χ2n) is 5.63. The summed E-state index contributed by atoms with van der Waals surface area (Å²) in [5.74, 6) is 0.619. The number of carbonyl (C=O) groups is 1. The van der Waals surface area contributed by atoms with E-state index in [0.29, 0.717) is 11.9 Å². The first-order valence-electron chi connectivity index (χ1n) is 6.84. The van der Waals surface area contributed by atoms with Crippen LogP contribution in [0.25, 0.3) is 0 Å². The Hall–Kier alpha value is -0.320. The van der Waals surface area contributed by atoms with Gasteiger partial charge < -0.3 is 15.1 Å². The van der Waals surface area contributed by atoms with Gasteiger partial charge in [0, 0.05) is 25.7 Å². The Balaban J connectivity index is 0.00000162. The van der Waals surface area contributed by atoms with Gasteiger partial charge in [0.1, 0.15) is 0 Å². The van der Waals surface area contributed by atoms with Crippen molar-refractivity contribution in [2.24, 2.45) is 5.92 Å². The van der Waals surface area contributed by atoms with Crippen molar-refractivity contribution in [1.29, 1.82) is 0 Å². The molecule has 1 N–H and O–H groups in total. The highest BCUT2D eigenvalue weighted by Gasteiger charge is 2.33. The van der Waals surface area contributed by atoms with Gasteiger partial charge in [0.2, 0.25) is 5.91 Å². The van der Waals surface area contributed by atoms with E-state index in [2.05, 4.69) is 29.2 Å². The Kier molecular flexibility index (Phi) is 6.39. The molecule has 18 heavy (non-hydrogen) atoms. The van der Waals surface area contributed by atoms with E-state index in [4.69, 9.17) is 0 Å². The van der Waals surface area contributed by atoms with Gasteiger partial charge in [0.25, 0.3) is 0 Å². The lowest BCUT2D eigenvalue weighted by Gasteiger charge is -2.32. The molecule has 0 aromatic carbocycles. The molecule has 0 aliphatic carbocycles. The monoisotopic (exact) mass is 275 g/mol. The standard InChI is InChI=1S/C13H25N3O.ClH/c1-15(2)10-12-6-4-8-16(12)13(17)11-5-3-7-14-9-11;/h11-12,14H,3-10H2,1-2H3;1H. The lowest BCUT2D eigenvalue weighted by atomic mass is 9.98. The molecule has 2 aliphatic rings. The van der Waals surface area contributed by atoms with E-state index in [1.165, 1.54) is 12.8 Å². The number of rotatable bonds is 3. The number of carbonyl (C=O) groups excluding carboxylic acids is 1. The molecule has 0 aromatic heterocycles. The van der Waals surface area contributed by atoms with E-state index in [9.17, 15) is 4.79 Å². The smallest absolute Gasteiger partial charge is 0.227 e. The fourth-order valence-corrected chi connectivity index (χ4v) is 3.03. The maximum atomic E-state index is 12.5. The van der Waals surface area contributed by atoms with Gasteiger partial charge >= 0.3 is 0 Å². The minimum atomic E-state index is 0. The summed E-state index contributed by atoms with van der Waals surface area (Å²) in [6.07, 6.45) is 4.55. The van der Waals surface area contributed by atoms with Gasteiger partial charge in [0.05, 0.1) is 5.92 Å². The van der Waals surface area contributed by atoms with Crippen molar-refractivity contribution in [3.8, 4) is 0 Å². The van der Waals surface area contributed by atoms with Crippen LogP contribution in [-0.4, -0.2) is 62.0 Å². The fraction of sp³-hybridized carbons (Fsp3) is 0.923. The van der Waals surface area contributed by atoms with Crippen LogP contribution < -0.4 is 5.32 Å². The molecule has 0 saturated carbocycles. The maximum absolute atomic E-state index is 12.5. The van der Waals surface area contributed by atoms with Crippen LogP contribution in [0, 0.1) is 5.92 Å². The van der Waals surface area contributed by atoms with E-state index in [0.717, 1.165) is 39.0 Å². The Labute approximate surface area is 116 Å². The predicted molar refractivity (Wildman–Crippen MR) is 76.1 cm³/mol. The molecule has 0 radical (unpaired) electrons. The number of nitrogens with zero attached hydrogens (tertiary/aromatic N) is 2. The maximum Gasteiger partial charge on any atom is 0.227 e. The zero-order chi connectivity index (χ0) is 12.3. The Bertz CT molecular complexity index is 267. The van der Waals surface area contributed by atoms with Crippen molar-refractivity contribution in [3.63, 3.8) is 0 Å². The van der Waals surface area contributed by atoms with E-state index < -0.39 is 0 Å². The first kappa shape index (κ1) is 15.7. The molecule has 0 bridgehead atoms. The number of hydrogen-bond acceptors (Lipinski definition) is 3. The Morgan fingerprint density at radius 1 is 1.33 bits per heavy atom. The molecule has 2 rings (SSSR count). The molecular formula is C13H26ClN3O. The van der Waals surface area contributed by atoms with Crippen LogP contribution in [0.4, 0.5) is 0 Å². The SMILES string of the molecule is CN(C)CC1CCCN1C(=O)C1CCCNC1.Cl. The van der Waals surface area contributed by atoms with Gasteiger partial charge in [0.15, 0.2) is 0 Å². The number of piperidine rings is 1. The van der Waals surface area contributed by atoms with E-state index in [-0.39, 0.29) is 18.3 Å². The summed E-state index contributed by atoms with van der Waals surface area (Å²) in [5, 5.41) is 3.34. The third-order valence-electron chi connectivity index (χ3n) is 3.88. The molecule has 2 fully saturated rings. The molecule has 4 nitrogen and oxygen atoms in total. The van der Waals surface area contributed by atoms with Crippen LogP contribution in [0.5, 0.6) is 0 Å². The summed E-state index contributed by atoms with van der Waals surface area (Å²) >= 11 is 0. The van der Waals surface area contributed by atoms with Crippen molar-refractivity contribution >= 4 is 18.3 Å². The molecule has 0 spiro atoms. The van der Waals surface area contributed by atoms with Gasteiger partial charge in [-0.25, -0.2) is 0 Å². The number of halogens is 1. The largest absolute Gasteiger partial charge is 0.338 e. The minimum absolute atomic E-state index is 0. The van der Waals surface area contributed by atoms with Crippen LogP contribution in [0.1, 0.15) is 25.7 Å². The first-order valence-corrected chi connectivity index (χ1v) is 6.84. The summed E-state index contributed by atoms with van der Waals surface area (Å²) in [6.45, 7) is 3.93. The summed E-state index contributed by atoms with van der Waals surface area (Å²) < 4.78 is 0. The van der Waals surface area contributed by atoms with Crippen molar-refractivity contribution in [2.45, 2.75) is 31.7 Å². The molecule has 106 valence electrons. The zero-order valence-corrected chi connectivity index (χ0v) is 12.3. The topological polar surface area (TPSA) is 35.6 Å². The number of nitrogens with one attached hydrogen (secondary N) is 1. The summed E-state index contributed by atoms with van der Waals surface area (Å²) in [6, 6.07) is 0.444. The summed E-state index contributed by atoms with van der Waals surface area (Å²) in [4.78, 5) is 16.8. The lowest BCUT2D eigenvalue weighted by Crippen LogP contribution is -2.47. The van der Waals surface area contributed by atoms with Crippen LogP contribution in [0.2, 0.25) is 0 Å². The van der Waals surface area contributed by atoms with Crippen molar-refractivity contribution in [3.05, 3.63) is 0 Å². The second-order valence-corrected chi connectivity index (χ2v) is 5.63. The number of likely N-dealkylation sites (N-methyl/N-ethyl adjacent to an activating group) is 1. The molecule has 2 unspecified atom stereocenters. The van der Waals surface area contributed by atoms with Gasteiger partial charge in [-0.3, -0.25) is 4.79 Å².